The molecular formula is C27H20N2O5. The Labute approximate surface area is 196 Å². The normalized spacial score (nSPS) is 30.2. The molecule has 168 valence electrons. The van der Waals surface area contributed by atoms with Crippen LogP contribution in [0.1, 0.15) is 30.4 Å². The Morgan fingerprint density at radius 1 is 1.15 bits per heavy atom. The van der Waals surface area contributed by atoms with Crippen molar-refractivity contribution in [2.45, 2.75) is 43.1 Å². The lowest BCUT2D eigenvalue weighted by Gasteiger charge is -2.43. The molecule has 0 N–H and O–H groups in total. The molecule has 4 atom stereocenters. The van der Waals surface area contributed by atoms with Gasteiger partial charge in [0.15, 0.2) is 0 Å². The number of allylic oxidation sites excluding steroid dienone is 2. The third kappa shape index (κ3) is 2.81. The molecule has 0 aromatic heterocycles. The van der Waals surface area contributed by atoms with Crippen LogP contribution in [0.2, 0.25) is 0 Å². The Balaban J connectivity index is 1.38. The quantitative estimate of drug-likeness (QED) is 0.297. The average molecular weight is 452 g/mol. The number of carbonyl (C=O) groups is 1. The van der Waals surface area contributed by atoms with E-state index in [-0.39, 0.29) is 18.2 Å². The van der Waals surface area contributed by atoms with Gasteiger partial charge in [0.25, 0.3) is 5.69 Å². The highest BCUT2D eigenvalue weighted by Gasteiger charge is 2.81. The standard InChI is InChI=1S/C27H20N2O5/c30-25(33-18-19-13-15-21(16-14-19)29(31)32)28-23-11-6-5-10-22(23)27-20-8-3-1-2-4-12-24(28)26(27,34-27)17-7-9-20/h1-2,5-6,10-11,13-16,20,24H,7,9,17-18H2/b2-1-/t20-,24-,26?,27+/m0/s1. The van der Waals surface area contributed by atoms with E-state index in [0.29, 0.717) is 5.56 Å². The van der Waals surface area contributed by atoms with Gasteiger partial charge in [-0.25, -0.2) is 4.79 Å². The Bertz CT molecular complexity index is 1360. The Kier molecular flexibility index (Phi) is 4.52. The van der Waals surface area contributed by atoms with E-state index in [4.69, 9.17) is 9.47 Å². The third-order valence-corrected chi connectivity index (χ3v) is 7.16. The molecule has 4 aliphatic rings. The van der Waals surface area contributed by atoms with E-state index < -0.39 is 28.3 Å². The number of ether oxygens (including phenoxy) is 2. The predicted molar refractivity (Wildman–Crippen MR) is 124 cm³/mol. The van der Waals surface area contributed by atoms with E-state index in [1.54, 1.807) is 29.2 Å². The fraction of sp³-hybridized carbons (Fsp3) is 0.296. The van der Waals surface area contributed by atoms with Crippen molar-refractivity contribution in [1.82, 2.24) is 0 Å². The number of para-hydroxylation sites is 1. The van der Waals surface area contributed by atoms with Crippen LogP contribution in [0.4, 0.5) is 16.2 Å². The maximum atomic E-state index is 13.5. The summed E-state index contributed by atoms with van der Waals surface area (Å²) in [5, 5.41) is 10.9. The second kappa shape index (κ2) is 7.48. The van der Waals surface area contributed by atoms with Crippen LogP contribution in [0.25, 0.3) is 0 Å². The first-order valence-corrected chi connectivity index (χ1v) is 11.2. The van der Waals surface area contributed by atoms with Crippen LogP contribution in [0, 0.1) is 39.7 Å². The molecule has 1 saturated heterocycles. The van der Waals surface area contributed by atoms with Gasteiger partial charge in [-0.05, 0) is 55.2 Å². The molecule has 7 heteroatoms. The van der Waals surface area contributed by atoms with Crippen molar-refractivity contribution in [3.8, 4) is 23.7 Å². The van der Waals surface area contributed by atoms with Crippen molar-refractivity contribution in [3.05, 3.63) is 81.9 Å². The highest BCUT2D eigenvalue weighted by Crippen LogP contribution is 2.72. The van der Waals surface area contributed by atoms with Gasteiger partial charge in [0.2, 0.25) is 0 Å². The number of benzene rings is 2. The molecule has 2 aromatic rings. The first-order valence-electron chi connectivity index (χ1n) is 11.2. The third-order valence-electron chi connectivity index (χ3n) is 7.16. The van der Waals surface area contributed by atoms with Gasteiger partial charge in [0.05, 0.1) is 16.5 Å². The highest BCUT2D eigenvalue weighted by atomic mass is 16.6. The maximum Gasteiger partial charge on any atom is 0.415 e. The summed E-state index contributed by atoms with van der Waals surface area (Å²) in [5.74, 6) is 12.8. The molecule has 2 aliphatic heterocycles. The van der Waals surface area contributed by atoms with Crippen LogP contribution in [-0.2, 0) is 21.7 Å². The topological polar surface area (TPSA) is 85.2 Å². The fourth-order valence-electron chi connectivity index (χ4n) is 5.69. The summed E-state index contributed by atoms with van der Waals surface area (Å²) in [4.78, 5) is 25.6. The molecule has 7 nitrogen and oxygen atoms in total. The number of amides is 1. The molecule has 1 saturated carbocycles. The van der Waals surface area contributed by atoms with E-state index in [1.165, 1.54) is 12.1 Å². The number of non-ortho nitro benzene ring substituents is 1. The van der Waals surface area contributed by atoms with Crippen molar-refractivity contribution >= 4 is 17.5 Å². The number of nitrogens with zero attached hydrogens (tertiary/aromatic N) is 2. The van der Waals surface area contributed by atoms with Gasteiger partial charge in [-0.1, -0.05) is 41.9 Å². The Hall–Kier alpha value is -4.07. The molecule has 2 fully saturated rings. The smallest absolute Gasteiger partial charge is 0.415 e. The van der Waals surface area contributed by atoms with Crippen molar-refractivity contribution in [3.63, 3.8) is 0 Å². The number of fused-ring (bicyclic) bond motifs is 1. The summed E-state index contributed by atoms with van der Waals surface area (Å²) in [6, 6.07) is 13.2. The summed E-state index contributed by atoms with van der Waals surface area (Å²) >= 11 is 0. The largest absolute Gasteiger partial charge is 0.444 e. The summed E-state index contributed by atoms with van der Waals surface area (Å²) in [7, 11) is 0. The predicted octanol–water partition coefficient (Wildman–Crippen LogP) is 4.46. The minimum Gasteiger partial charge on any atom is -0.444 e. The lowest BCUT2D eigenvalue weighted by Crippen LogP contribution is -2.57. The van der Waals surface area contributed by atoms with Crippen LogP contribution in [-0.4, -0.2) is 22.7 Å². The second-order valence-corrected chi connectivity index (χ2v) is 8.85. The highest BCUT2D eigenvalue weighted by molar-refractivity contribution is 5.93. The monoisotopic (exact) mass is 452 g/mol. The zero-order valence-electron chi connectivity index (χ0n) is 18.2. The molecule has 1 amide bonds. The van der Waals surface area contributed by atoms with Crippen LogP contribution >= 0.6 is 0 Å². The molecule has 0 radical (unpaired) electrons. The fourth-order valence-corrected chi connectivity index (χ4v) is 5.69. The number of hydrogen-bond donors (Lipinski definition) is 0. The first-order chi connectivity index (χ1) is 16.6. The van der Waals surface area contributed by atoms with E-state index in [1.807, 2.05) is 24.3 Å². The van der Waals surface area contributed by atoms with Gasteiger partial charge in [0.1, 0.15) is 23.9 Å². The van der Waals surface area contributed by atoms with Crippen LogP contribution < -0.4 is 4.90 Å². The van der Waals surface area contributed by atoms with Crippen molar-refractivity contribution in [2.75, 3.05) is 4.90 Å². The maximum absolute atomic E-state index is 13.5. The van der Waals surface area contributed by atoms with Gasteiger partial charge in [-0.15, -0.1) is 0 Å². The number of nitro benzene ring substituents is 1. The minimum atomic E-state index is -0.622. The molecule has 2 heterocycles. The number of carbonyl (C=O) groups excluding carboxylic acids is 1. The molecule has 6 rings (SSSR count). The number of anilines is 1. The zero-order valence-corrected chi connectivity index (χ0v) is 18.2. The van der Waals surface area contributed by atoms with E-state index in [2.05, 4.69) is 23.7 Å². The molecule has 4 bridgehead atoms. The summed E-state index contributed by atoms with van der Waals surface area (Å²) < 4.78 is 12.3. The lowest BCUT2D eigenvalue weighted by molar-refractivity contribution is -0.384. The zero-order chi connectivity index (χ0) is 23.3. The molecule has 2 aliphatic carbocycles. The summed E-state index contributed by atoms with van der Waals surface area (Å²) in [6.45, 7) is -0.0113. The van der Waals surface area contributed by atoms with Crippen molar-refractivity contribution in [2.24, 2.45) is 5.92 Å². The van der Waals surface area contributed by atoms with Gasteiger partial charge in [0, 0.05) is 17.7 Å². The SMILES string of the molecule is O=C(OCc1ccc([N+](=O)[O-])cc1)N1c2ccccc2[C@@]23OC24CCC[C@@H]3C#C/C=C\C#C[C@H]14. The Morgan fingerprint density at radius 2 is 1.91 bits per heavy atom. The lowest BCUT2D eigenvalue weighted by atomic mass is 9.64. The molecular weight excluding hydrogens is 432 g/mol. The van der Waals surface area contributed by atoms with Gasteiger partial charge < -0.3 is 9.47 Å². The number of epoxide rings is 1. The molecule has 1 unspecified atom stereocenters. The minimum absolute atomic E-state index is 0.0113. The number of hydrogen-bond acceptors (Lipinski definition) is 5. The van der Waals surface area contributed by atoms with E-state index in [0.717, 1.165) is 30.5 Å². The van der Waals surface area contributed by atoms with Crippen LogP contribution in [0.3, 0.4) is 0 Å². The van der Waals surface area contributed by atoms with Crippen molar-refractivity contribution in [1.29, 1.82) is 0 Å². The summed E-state index contributed by atoms with van der Waals surface area (Å²) in [6.07, 6.45) is 5.58. The molecule has 0 spiro atoms. The second-order valence-electron chi connectivity index (χ2n) is 8.85. The van der Waals surface area contributed by atoms with E-state index in [9.17, 15) is 14.9 Å². The van der Waals surface area contributed by atoms with Crippen molar-refractivity contribution < 1.29 is 19.2 Å². The summed E-state index contributed by atoms with van der Waals surface area (Å²) in [5.41, 5.74) is 1.12. The number of rotatable bonds is 3. The van der Waals surface area contributed by atoms with E-state index >= 15 is 0 Å². The molecule has 2 aromatic carbocycles. The number of nitro groups is 1. The van der Waals surface area contributed by atoms with Gasteiger partial charge in [-0.2, -0.15) is 0 Å². The average Bonchev–Trinajstić information content (AvgIpc) is 3.57. The first kappa shape index (κ1) is 20.5. The molecule has 34 heavy (non-hydrogen) atoms. The van der Waals surface area contributed by atoms with Gasteiger partial charge in [-0.3, -0.25) is 15.0 Å². The van der Waals surface area contributed by atoms with Crippen LogP contribution in [0.5, 0.6) is 0 Å². The van der Waals surface area contributed by atoms with Crippen LogP contribution in [0.15, 0.2) is 60.7 Å². The Morgan fingerprint density at radius 3 is 2.71 bits per heavy atom. The van der Waals surface area contributed by atoms with Gasteiger partial charge >= 0.3 is 6.09 Å².